The highest BCUT2D eigenvalue weighted by Crippen LogP contribution is 2.29. The Kier molecular flexibility index (Phi) is 4.16. The molecule has 0 N–H and O–H groups in total. The van der Waals surface area contributed by atoms with Gasteiger partial charge in [0.2, 0.25) is 0 Å². The summed E-state index contributed by atoms with van der Waals surface area (Å²) >= 11 is 3.27. The molecule has 19 heavy (non-hydrogen) atoms. The van der Waals surface area contributed by atoms with Gasteiger partial charge in [-0.05, 0) is 11.6 Å². The van der Waals surface area contributed by atoms with Crippen molar-refractivity contribution in [3.8, 4) is 5.75 Å². The van der Waals surface area contributed by atoms with Gasteiger partial charge < -0.3 is 4.74 Å². The fourth-order valence-corrected chi connectivity index (χ4v) is 1.97. The molecule has 2 rings (SSSR count). The standard InChI is InChI=1S/C12H12BrN3O3/c1-15-7-10(6-14-15)8-19-12-3-2-9(5-13)4-11(12)16(17)18/h2-4,6-7H,5,8H2,1H3. The first-order valence-electron chi connectivity index (χ1n) is 5.53. The van der Waals surface area contributed by atoms with Gasteiger partial charge in [0.05, 0.1) is 11.1 Å². The van der Waals surface area contributed by atoms with Crippen molar-refractivity contribution in [1.82, 2.24) is 9.78 Å². The van der Waals surface area contributed by atoms with E-state index in [1.165, 1.54) is 6.07 Å². The number of aryl methyl sites for hydroxylation is 1. The van der Waals surface area contributed by atoms with Crippen LogP contribution in [0.5, 0.6) is 5.75 Å². The molecule has 0 fully saturated rings. The van der Waals surface area contributed by atoms with E-state index >= 15 is 0 Å². The largest absolute Gasteiger partial charge is 0.482 e. The molecule has 0 aliphatic rings. The lowest BCUT2D eigenvalue weighted by molar-refractivity contribution is -0.386. The van der Waals surface area contributed by atoms with Gasteiger partial charge in [0.15, 0.2) is 5.75 Å². The highest BCUT2D eigenvalue weighted by molar-refractivity contribution is 9.08. The molecule has 0 saturated carbocycles. The second kappa shape index (κ2) is 5.83. The van der Waals surface area contributed by atoms with Crippen LogP contribution in [0.2, 0.25) is 0 Å². The van der Waals surface area contributed by atoms with Crippen LogP contribution in [-0.2, 0) is 19.0 Å². The van der Waals surface area contributed by atoms with Gasteiger partial charge >= 0.3 is 5.69 Å². The summed E-state index contributed by atoms with van der Waals surface area (Å²) in [5.74, 6) is 0.263. The predicted molar refractivity (Wildman–Crippen MR) is 73.3 cm³/mol. The normalized spacial score (nSPS) is 10.4. The zero-order valence-electron chi connectivity index (χ0n) is 10.2. The highest BCUT2D eigenvalue weighted by Gasteiger charge is 2.16. The summed E-state index contributed by atoms with van der Waals surface area (Å²) in [6, 6.07) is 4.92. The molecule has 0 aliphatic heterocycles. The predicted octanol–water partition coefficient (Wildman–Crippen LogP) is 2.80. The quantitative estimate of drug-likeness (QED) is 0.481. The Morgan fingerprint density at radius 1 is 1.47 bits per heavy atom. The van der Waals surface area contributed by atoms with Crippen molar-refractivity contribution in [2.24, 2.45) is 7.05 Å². The molecule has 6 nitrogen and oxygen atoms in total. The van der Waals surface area contributed by atoms with Crippen molar-refractivity contribution >= 4 is 21.6 Å². The first-order valence-corrected chi connectivity index (χ1v) is 6.66. The van der Waals surface area contributed by atoms with Crippen LogP contribution in [0.4, 0.5) is 5.69 Å². The van der Waals surface area contributed by atoms with E-state index in [1.54, 1.807) is 36.3 Å². The second-order valence-corrected chi connectivity index (χ2v) is 4.56. The van der Waals surface area contributed by atoms with E-state index in [1.807, 2.05) is 0 Å². The van der Waals surface area contributed by atoms with Crippen LogP contribution in [0.15, 0.2) is 30.6 Å². The Morgan fingerprint density at radius 2 is 2.26 bits per heavy atom. The van der Waals surface area contributed by atoms with E-state index in [2.05, 4.69) is 21.0 Å². The zero-order valence-corrected chi connectivity index (χ0v) is 11.8. The maximum Gasteiger partial charge on any atom is 0.311 e. The molecule has 0 saturated heterocycles. The van der Waals surface area contributed by atoms with E-state index in [9.17, 15) is 10.1 Å². The lowest BCUT2D eigenvalue weighted by atomic mass is 10.2. The smallest absolute Gasteiger partial charge is 0.311 e. The molecule has 0 amide bonds. The first kappa shape index (κ1) is 13.5. The number of rotatable bonds is 5. The van der Waals surface area contributed by atoms with Crippen LogP contribution >= 0.6 is 15.9 Å². The molecule has 100 valence electrons. The summed E-state index contributed by atoms with van der Waals surface area (Å²) in [5, 5.41) is 15.6. The molecule has 0 radical (unpaired) electrons. The Labute approximate surface area is 118 Å². The molecule has 1 aromatic carbocycles. The molecule has 0 bridgehead atoms. The van der Waals surface area contributed by atoms with Crippen LogP contribution in [0.1, 0.15) is 11.1 Å². The number of ether oxygens (including phenoxy) is 1. The average Bonchev–Trinajstić information content (AvgIpc) is 2.82. The number of nitrogens with zero attached hydrogens (tertiary/aromatic N) is 3. The van der Waals surface area contributed by atoms with Gasteiger partial charge in [-0.15, -0.1) is 0 Å². The number of alkyl halides is 1. The SMILES string of the molecule is Cn1cc(COc2ccc(CBr)cc2[N+](=O)[O-])cn1. The van der Waals surface area contributed by atoms with Crippen LogP contribution in [-0.4, -0.2) is 14.7 Å². The lowest BCUT2D eigenvalue weighted by Gasteiger charge is -2.06. The van der Waals surface area contributed by atoms with Crippen molar-refractivity contribution in [2.45, 2.75) is 11.9 Å². The maximum absolute atomic E-state index is 11.0. The molecular formula is C12H12BrN3O3. The summed E-state index contributed by atoms with van der Waals surface area (Å²) < 4.78 is 7.14. The van der Waals surface area contributed by atoms with Crippen molar-refractivity contribution in [3.05, 3.63) is 51.8 Å². The number of nitro benzene ring substituents is 1. The third kappa shape index (κ3) is 3.31. The minimum absolute atomic E-state index is 0.0270. The highest BCUT2D eigenvalue weighted by atomic mass is 79.9. The van der Waals surface area contributed by atoms with Gasteiger partial charge in [-0.2, -0.15) is 5.10 Å². The van der Waals surface area contributed by atoms with Gasteiger partial charge in [0.1, 0.15) is 6.61 Å². The number of benzene rings is 1. The van der Waals surface area contributed by atoms with Crippen molar-refractivity contribution in [3.63, 3.8) is 0 Å². The fourth-order valence-electron chi connectivity index (χ4n) is 1.62. The average molecular weight is 326 g/mol. The lowest BCUT2D eigenvalue weighted by Crippen LogP contribution is -1.99. The Hall–Kier alpha value is -1.89. The monoisotopic (exact) mass is 325 g/mol. The summed E-state index contributed by atoms with van der Waals surface area (Å²) in [6.45, 7) is 0.252. The summed E-state index contributed by atoms with van der Waals surface area (Å²) in [7, 11) is 1.80. The van der Waals surface area contributed by atoms with Gasteiger partial charge in [0, 0.05) is 30.2 Å². The van der Waals surface area contributed by atoms with Crippen LogP contribution in [0.25, 0.3) is 0 Å². The van der Waals surface area contributed by atoms with Crippen LogP contribution in [0.3, 0.4) is 0 Å². The summed E-state index contributed by atoms with van der Waals surface area (Å²) in [5.41, 5.74) is 1.67. The Morgan fingerprint density at radius 3 is 2.84 bits per heavy atom. The van der Waals surface area contributed by atoms with Crippen LogP contribution in [0, 0.1) is 10.1 Å². The van der Waals surface area contributed by atoms with Gasteiger partial charge in [-0.3, -0.25) is 14.8 Å². The van der Waals surface area contributed by atoms with Gasteiger partial charge in [-0.25, -0.2) is 0 Å². The molecular weight excluding hydrogens is 314 g/mol. The first-order chi connectivity index (χ1) is 9.10. The third-order valence-corrected chi connectivity index (χ3v) is 3.17. The molecule has 1 aromatic heterocycles. The minimum Gasteiger partial charge on any atom is -0.482 e. The third-order valence-electron chi connectivity index (χ3n) is 2.53. The number of hydrogen-bond donors (Lipinski definition) is 0. The van der Waals surface area contributed by atoms with Crippen LogP contribution < -0.4 is 4.74 Å². The van der Waals surface area contributed by atoms with Crippen molar-refractivity contribution in [2.75, 3.05) is 0 Å². The maximum atomic E-state index is 11.0. The molecule has 2 aromatic rings. The van der Waals surface area contributed by atoms with Crippen molar-refractivity contribution < 1.29 is 9.66 Å². The molecule has 0 aliphatic carbocycles. The second-order valence-electron chi connectivity index (χ2n) is 4.00. The van der Waals surface area contributed by atoms with E-state index in [0.29, 0.717) is 5.33 Å². The minimum atomic E-state index is -0.440. The fraction of sp³-hybridized carbons (Fsp3) is 0.250. The van der Waals surface area contributed by atoms with E-state index in [4.69, 9.17) is 4.74 Å². The number of aromatic nitrogens is 2. The molecule has 1 heterocycles. The summed E-state index contributed by atoms with van der Waals surface area (Å²) in [6.07, 6.45) is 3.47. The van der Waals surface area contributed by atoms with Gasteiger partial charge in [-0.1, -0.05) is 22.0 Å². The van der Waals surface area contributed by atoms with E-state index < -0.39 is 4.92 Å². The van der Waals surface area contributed by atoms with Gasteiger partial charge in [0.25, 0.3) is 0 Å². The molecule has 0 atom stereocenters. The number of nitro groups is 1. The molecule has 0 spiro atoms. The number of hydrogen-bond acceptors (Lipinski definition) is 4. The number of halogens is 1. The van der Waals surface area contributed by atoms with E-state index in [0.717, 1.165) is 11.1 Å². The summed E-state index contributed by atoms with van der Waals surface area (Å²) in [4.78, 5) is 10.6. The Bertz CT molecular complexity index is 598. The Balaban J connectivity index is 2.17. The topological polar surface area (TPSA) is 70.2 Å². The molecule has 0 unspecified atom stereocenters. The van der Waals surface area contributed by atoms with Crippen molar-refractivity contribution in [1.29, 1.82) is 0 Å². The molecule has 7 heteroatoms. The van der Waals surface area contributed by atoms with E-state index in [-0.39, 0.29) is 18.0 Å². The zero-order chi connectivity index (χ0) is 13.8.